The van der Waals surface area contributed by atoms with E-state index in [1.54, 1.807) is 24.3 Å². The largest absolute Gasteiger partial charge is 0.453 e. The van der Waals surface area contributed by atoms with Crippen molar-refractivity contribution in [3.8, 4) is 0 Å². The summed E-state index contributed by atoms with van der Waals surface area (Å²) in [5, 5.41) is 0. The number of carbonyl (C=O) groups is 1. The minimum Gasteiger partial charge on any atom is -0.453 e. The number of benzene rings is 2. The Hall–Kier alpha value is -2.25. The normalized spacial score (nSPS) is 30.3. The molecule has 0 saturated carbocycles. The monoisotopic (exact) mass is 370 g/mol. The Labute approximate surface area is 157 Å². The summed E-state index contributed by atoms with van der Waals surface area (Å²) in [5.41, 5.74) is 1.44. The summed E-state index contributed by atoms with van der Waals surface area (Å²) < 4.78 is 28.9. The van der Waals surface area contributed by atoms with Crippen LogP contribution in [0.1, 0.15) is 28.6 Å². The van der Waals surface area contributed by atoms with Crippen LogP contribution in [0.5, 0.6) is 0 Å². The zero-order valence-corrected chi connectivity index (χ0v) is 15.0. The fraction of sp³-hybridized carbons (Fsp3) is 0.381. The number of hydrogen-bond acceptors (Lipinski definition) is 6. The van der Waals surface area contributed by atoms with Crippen molar-refractivity contribution < 1.29 is 28.5 Å². The SMILES string of the molecule is CO[C@H]1O[C@@H]2COC(c3ccccc3)O[C@H]2C[C@H]1OC(=O)c1ccccc1. The molecule has 2 aliphatic rings. The van der Waals surface area contributed by atoms with E-state index in [9.17, 15) is 4.79 Å². The molecule has 142 valence electrons. The molecule has 1 unspecified atom stereocenters. The fourth-order valence-electron chi connectivity index (χ4n) is 3.39. The average Bonchev–Trinajstić information content (AvgIpc) is 2.74. The molecule has 0 aliphatic carbocycles. The van der Waals surface area contributed by atoms with Crippen LogP contribution in [-0.2, 0) is 23.7 Å². The molecule has 0 radical (unpaired) electrons. The first-order valence-electron chi connectivity index (χ1n) is 9.01. The van der Waals surface area contributed by atoms with E-state index in [2.05, 4.69) is 0 Å². The molecule has 6 heteroatoms. The van der Waals surface area contributed by atoms with Gasteiger partial charge in [0.15, 0.2) is 18.7 Å². The maximum atomic E-state index is 12.4. The van der Waals surface area contributed by atoms with Gasteiger partial charge in [0.25, 0.3) is 0 Å². The lowest BCUT2D eigenvalue weighted by Crippen LogP contribution is -2.54. The Morgan fingerprint density at radius 2 is 1.67 bits per heavy atom. The molecule has 4 rings (SSSR count). The van der Waals surface area contributed by atoms with Gasteiger partial charge in [0, 0.05) is 19.1 Å². The smallest absolute Gasteiger partial charge is 0.338 e. The van der Waals surface area contributed by atoms with Crippen molar-refractivity contribution in [3.05, 3.63) is 71.8 Å². The average molecular weight is 370 g/mol. The Morgan fingerprint density at radius 3 is 2.37 bits per heavy atom. The molecule has 0 spiro atoms. The van der Waals surface area contributed by atoms with E-state index in [0.717, 1.165) is 5.56 Å². The third-order valence-corrected chi connectivity index (χ3v) is 4.77. The zero-order valence-electron chi connectivity index (χ0n) is 15.0. The van der Waals surface area contributed by atoms with Crippen LogP contribution in [0.3, 0.4) is 0 Å². The lowest BCUT2D eigenvalue weighted by molar-refractivity contribution is -0.332. The van der Waals surface area contributed by atoms with Gasteiger partial charge in [-0.2, -0.15) is 0 Å². The molecular weight excluding hydrogens is 348 g/mol. The van der Waals surface area contributed by atoms with Crippen molar-refractivity contribution in [1.29, 1.82) is 0 Å². The molecule has 5 atom stereocenters. The Bertz CT molecular complexity index is 750. The van der Waals surface area contributed by atoms with Gasteiger partial charge in [0.05, 0.1) is 18.3 Å². The molecule has 2 aromatic rings. The van der Waals surface area contributed by atoms with Crippen molar-refractivity contribution in [2.24, 2.45) is 0 Å². The van der Waals surface area contributed by atoms with E-state index in [1.807, 2.05) is 36.4 Å². The summed E-state index contributed by atoms with van der Waals surface area (Å²) in [6, 6.07) is 18.6. The van der Waals surface area contributed by atoms with Crippen LogP contribution in [0.4, 0.5) is 0 Å². The predicted octanol–water partition coefficient (Wildman–Crippen LogP) is 3.09. The zero-order chi connectivity index (χ0) is 18.6. The van der Waals surface area contributed by atoms with Gasteiger partial charge in [-0.15, -0.1) is 0 Å². The van der Waals surface area contributed by atoms with Crippen LogP contribution in [0, 0.1) is 0 Å². The second-order valence-corrected chi connectivity index (χ2v) is 6.57. The molecule has 27 heavy (non-hydrogen) atoms. The molecule has 0 aromatic heterocycles. The van der Waals surface area contributed by atoms with Gasteiger partial charge in [0.2, 0.25) is 0 Å². The van der Waals surface area contributed by atoms with Gasteiger partial charge in [-0.1, -0.05) is 48.5 Å². The number of rotatable bonds is 4. The van der Waals surface area contributed by atoms with Crippen molar-refractivity contribution in [2.45, 2.75) is 37.3 Å². The Balaban J connectivity index is 1.45. The number of hydrogen-bond donors (Lipinski definition) is 0. The highest BCUT2D eigenvalue weighted by atomic mass is 16.8. The summed E-state index contributed by atoms with van der Waals surface area (Å²) >= 11 is 0. The maximum Gasteiger partial charge on any atom is 0.338 e. The third kappa shape index (κ3) is 4.04. The van der Waals surface area contributed by atoms with Crippen LogP contribution in [0.2, 0.25) is 0 Å². The predicted molar refractivity (Wildman–Crippen MR) is 95.9 cm³/mol. The number of esters is 1. The topological polar surface area (TPSA) is 63.2 Å². The second kappa shape index (κ2) is 8.19. The highest BCUT2D eigenvalue weighted by Gasteiger charge is 2.45. The fourth-order valence-corrected chi connectivity index (χ4v) is 3.39. The third-order valence-electron chi connectivity index (χ3n) is 4.77. The first kappa shape index (κ1) is 18.1. The number of carbonyl (C=O) groups excluding carboxylic acids is 1. The minimum absolute atomic E-state index is 0.246. The van der Waals surface area contributed by atoms with Crippen LogP contribution in [0.15, 0.2) is 60.7 Å². The van der Waals surface area contributed by atoms with Crippen LogP contribution < -0.4 is 0 Å². The van der Waals surface area contributed by atoms with Gasteiger partial charge in [-0.05, 0) is 12.1 Å². The quantitative estimate of drug-likeness (QED) is 0.771. The van der Waals surface area contributed by atoms with Crippen molar-refractivity contribution >= 4 is 5.97 Å². The lowest BCUT2D eigenvalue weighted by atomic mass is 10.0. The van der Waals surface area contributed by atoms with Crippen LogP contribution >= 0.6 is 0 Å². The summed E-state index contributed by atoms with van der Waals surface area (Å²) in [6.45, 7) is 0.392. The molecule has 2 heterocycles. The molecule has 0 bridgehead atoms. The highest BCUT2D eigenvalue weighted by Crippen LogP contribution is 2.35. The van der Waals surface area contributed by atoms with Crippen LogP contribution in [-0.4, -0.2) is 44.3 Å². The van der Waals surface area contributed by atoms with Gasteiger partial charge < -0.3 is 23.7 Å². The van der Waals surface area contributed by atoms with E-state index in [4.69, 9.17) is 23.7 Å². The molecule has 2 aromatic carbocycles. The lowest BCUT2D eigenvalue weighted by Gasteiger charge is -2.44. The number of ether oxygens (including phenoxy) is 5. The molecule has 0 amide bonds. The van der Waals surface area contributed by atoms with Gasteiger partial charge in [0.1, 0.15) is 6.10 Å². The van der Waals surface area contributed by atoms with Gasteiger partial charge >= 0.3 is 5.97 Å². The maximum absolute atomic E-state index is 12.4. The first-order chi connectivity index (χ1) is 13.2. The first-order valence-corrected chi connectivity index (χ1v) is 9.01. The standard InChI is InChI=1S/C21H22O6/c1-23-21-17(25-19(22)14-8-4-2-5-9-14)12-16-18(27-21)13-24-20(26-16)15-10-6-3-7-11-15/h2-11,16-18,20-21H,12-13H2,1H3/t16-,17+,18+,20?,21-/m0/s1. The van der Waals surface area contributed by atoms with Crippen molar-refractivity contribution in [1.82, 2.24) is 0 Å². The minimum atomic E-state index is -0.653. The Morgan fingerprint density at radius 1 is 0.963 bits per heavy atom. The van der Waals surface area contributed by atoms with Gasteiger partial charge in [-0.25, -0.2) is 4.79 Å². The number of fused-ring (bicyclic) bond motifs is 1. The van der Waals surface area contributed by atoms with Gasteiger partial charge in [-0.3, -0.25) is 0 Å². The van der Waals surface area contributed by atoms with E-state index in [-0.39, 0.29) is 12.2 Å². The van der Waals surface area contributed by atoms with E-state index < -0.39 is 24.7 Å². The van der Waals surface area contributed by atoms with E-state index in [0.29, 0.717) is 18.6 Å². The summed E-state index contributed by atoms with van der Waals surface area (Å²) in [5.74, 6) is -0.406. The highest BCUT2D eigenvalue weighted by molar-refractivity contribution is 5.89. The van der Waals surface area contributed by atoms with Crippen molar-refractivity contribution in [2.75, 3.05) is 13.7 Å². The molecular formula is C21H22O6. The summed E-state index contributed by atoms with van der Waals surface area (Å²) in [6.07, 6.45) is -1.70. The summed E-state index contributed by atoms with van der Waals surface area (Å²) in [7, 11) is 1.53. The second-order valence-electron chi connectivity index (χ2n) is 6.57. The van der Waals surface area contributed by atoms with E-state index >= 15 is 0 Å². The molecule has 2 fully saturated rings. The summed E-state index contributed by atoms with van der Waals surface area (Å²) in [4.78, 5) is 12.4. The Kier molecular flexibility index (Phi) is 5.50. The molecule has 6 nitrogen and oxygen atoms in total. The van der Waals surface area contributed by atoms with E-state index in [1.165, 1.54) is 7.11 Å². The van der Waals surface area contributed by atoms with Crippen molar-refractivity contribution in [3.63, 3.8) is 0 Å². The molecule has 0 N–H and O–H groups in total. The van der Waals surface area contributed by atoms with Crippen LogP contribution in [0.25, 0.3) is 0 Å². The molecule has 2 aliphatic heterocycles. The number of methoxy groups -OCH3 is 1. The molecule has 2 saturated heterocycles.